The van der Waals surface area contributed by atoms with Gasteiger partial charge < -0.3 is 9.52 Å². The zero-order valence-corrected chi connectivity index (χ0v) is 11.0. The average Bonchev–Trinajstić information content (AvgIpc) is 2.46. The predicted octanol–water partition coefficient (Wildman–Crippen LogP) is 4.18. The van der Waals surface area contributed by atoms with Crippen LogP contribution in [0.25, 0.3) is 22.3 Å². The zero-order valence-electron chi connectivity index (χ0n) is 11.0. The lowest BCUT2D eigenvalue weighted by atomic mass is 10.0. The third kappa shape index (κ3) is 2.32. The largest absolute Gasteiger partial charge is 0.508 e. The molecule has 0 unspecified atom stereocenters. The van der Waals surface area contributed by atoms with Crippen molar-refractivity contribution in [1.82, 2.24) is 0 Å². The Balaban J connectivity index is 2.46. The van der Waals surface area contributed by atoms with Gasteiger partial charge in [-0.2, -0.15) is 13.2 Å². The van der Waals surface area contributed by atoms with Crippen molar-refractivity contribution in [3.8, 4) is 17.1 Å². The molecule has 1 heterocycles. The fraction of sp³-hybridized carbons (Fsp3) is 0.0625. The number of hydrogen-bond donors (Lipinski definition) is 1. The van der Waals surface area contributed by atoms with Gasteiger partial charge in [-0.3, -0.25) is 4.79 Å². The second kappa shape index (κ2) is 4.91. The molecule has 0 fully saturated rings. The van der Waals surface area contributed by atoms with Gasteiger partial charge in [0.05, 0.1) is 5.39 Å². The number of halogens is 3. The molecular formula is C16H9F3O3. The Morgan fingerprint density at radius 2 is 1.68 bits per heavy atom. The van der Waals surface area contributed by atoms with Crippen molar-refractivity contribution in [1.29, 1.82) is 0 Å². The van der Waals surface area contributed by atoms with Crippen LogP contribution in [0.5, 0.6) is 5.75 Å². The number of phenols is 1. The number of fused-ring (bicyclic) bond motifs is 1. The van der Waals surface area contributed by atoms with E-state index in [-0.39, 0.29) is 22.3 Å². The van der Waals surface area contributed by atoms with Crippen LogP contribution in [0, 0.1) is 0 Å². The number of rotatable bonds is 1. The van der Waals surface area contributed by atoms with Gasteiger partial charge in [0, 0.05) is 11.6 Å². The minimum Gasteiger partial charge on any atom is -0.508 e. The Labute approximate surface area is 122 Å². The fourth-order valence-electron chi connectivity index (χ4n) is 2.23. The standard InChI is InChI=1S/C16H9F3O3/c17-16(18,19)13-14(21)11-7-6-10(20)8-12(11)22-15(13)9-4-2-1-3-5-9/h1-8,20H. The van der Waals surface area contributed by atoms with E-state index < -0.39 is 22.9 Å². The van der Waals surface area contributed by atoms with Crippen LogP contribution in [-0.4, -0.2) is 5.11 Å². The van der Waals surface area contributed by atoms with Gasteiger partial charge in [0.25, 0.3) is 0 Å². The van der Waals surface area contributed by atoms with Crippen LogP contribution in [0.2, 0.25) is 0 Å². The van der Waals surface area contributed by atoms with Gasteiger partial charge in [-0.1, -0.05) is 30.3 Å². The first-order chi connectivity index (χ1) is 10.4. The fourth-order valence-corrected chi connectivity index (χ4v) is 2.23. The second-order valence-electron chi connectivity index (χ2n) is 4.68. The second-order valence-corrected chi connectivity index (χ2v) is 4.68. The molecule has 112 valence electrons. The minimum atomic E-state index is -4.85. The third-order valence-electron chi connectivity index (χ3n) is 3.20. The first-order valence-electron chi connectivity index (χ1n) is 6.30. The highest BCUT2D eigenvalue weighted by Crippen LogP contribution is 2.37. The van der Waals surface area contributed by atoms with Crippen molar-refractivity contribution in [2.75, 3.05) is 0 Å². The lowest BCUT2D eigenvalue weighted by Gasteiger charge is -2.12. The van der Waals surface area contributed by atoms with Crippen LogP contribution < -0.4 is 5.43 Å². The molecule has 0 bridgehead atoms. The maximum absolute atomic E-state index is 13.3. The van der Waals surface area contributed by atoms with Crippen LogP contribution in [0.3, 0.4) is 0 Å². The highest BCUT2D eigenvalue weighted by atomic mass is 19.4. The van der Waals surface area contributed by atoms with Crippen LogP contribution in [0.15, 0.2) is 57.7 Å². The van der Waals surface area contributed by atoms with Gasteiger partial charge in [-0.05, 0) is 12.1 Å². The predicted molar refractivity (Wildman–Crippen MR) is 74.6 cm³/mol. The van der Waals surface area contributed by atoms with E-state index in [1.807, 2.05) is 0 Å². The van der Waals surface area contributed by atoms with E-state index in [2.05, 4.69) is 0 Å². The van der Waals surface area contributed by atoms with Crippen LogP contribution in [-0.2, 0) is 6.18 Å². The molecule has 3 aromatic rings. The van der Waals surface area contributed by atoms with Crippen molar-refractivity contribution in [2.24, 2.45) is 0 Å². The first-order valence-corrected chi connectivity index (χ1v) is 6.30. The number of phenolic OH excluding ortho intramolecular Hbond substituents is 1. The van der Waals surface area contributed by atoms with E-state index in [1.54, 1.807) is 18.2 Å². The Bertz CT molecular complexity index is 896. The molecule has 3 rings (SSSR count). The lowest BCUT2D eigenvalue weighted by molar-refractivity contribution is -0.138. The quantitative estimate of drug-likeness (QED) is 0.733. The van der Waals surface area contributed by atoms with Crippen molar-refractivity contribution < 1.29 is 22.7 Å². The van der Waals surface area contributed by atoms with Crippen molar-refractivity contribution >= 4 is 11.0 Å². The summed E-state index contributed by atoms with van der Waals surface area (Å²) in [6.45, 7) is 0. The Morgan fingerprint density at radius 3 is 2.32 bits per heavy atom. The van der Waals surface area contributed by atoms with E-state index in [0.29, 0.717) is 0 Å². The summed E-state index contributed by atoms with van der Waals surface area (Å²) in [4.78, 5) is 12.2. The highest BCUT2D eigenvalue weighted by molar-refractivity contribution is 5.81. The highest BCUT2D eigenvalue weighted by Gasteiger charge is 2.39. The minimum absolute atomic E-state index is 0.100. The normalized spacial score (nSPS) is 11.8. The molecule has 0 atom stereocenters. The van der Waals surface area contributed by atoms with Gasteiger partial charge >= 0.3 is 6.18 Å². The smallest absolute Gasteiger partial charge is 0.423 e. The zero-order chi connectivity index (χ0) is 15.9. The van der Waals surface area contributed by atoms with Gasteiger partial charge in [0.15, 0.2) is 5.76 Å². The summed E-state index contributed by atoms with van der Waals surface area (Å²) in [6, 6.07) is 10.9. The van der Waals surface area contributed by atoms with Gasteiger partial charge in [-0.25, -0.2) is 0 Å². The Kier molecular flexibility index (Phi) is 3.16. The lowest BCUT2D eigenvalue weighted by Crippen LogP contribution is -2.20. The van der Waals surface area contributed by atoms with E-state index in [0.717, 1.165) is 18.2 Å². The SMILES string of the molecule is O=c1c(C(F)(F)F)c(-c2ccccc2)oc2cc(O)ccc12. The topological polar surface area (TPSA) is 50.4 Å². The monoisotopic (exact) mass is 306 g/mol. The van der Waals surface area contributed by atoms with E-state index in [9.17, 15) is 23.1 Å². The molecule has 1 aromatic heterocycles. The van der Waals surface area contributed by atoms with Crippen LogP contribution >= 0.6 is 0 Å². The number of aromatic hydroxyl groups is 1. The molecule has 0 saturated carbocycles. The summed E-state index contributed by atoms with van der Waals surface area (Å²) in [6.07, 6.45) is -4.85. The van der Waals surface area contributed by atoms with Crippen molar-refractivity contribution in [3.63, 3.8) is 0 Å². The molecule has 1 N–H and O–H groups in total. The molecule has 0 amide bonds. The molecule has 0 aliphatic carbocycles. The average molecular weight is 306 g/mol. The number of hydrogen-bond acceptors (Lipinski definition) is 3. The molecule has 0 aliphatic heterocycles. The molecule has 3 nitrogen and oxygen atoms in total. The summed E-state index contributed by atoms with van der Waals surface area (Å²) >= 11 is 0. The van der Waals surface area contributed by atoms with Gasteiger partial charge in [0.2, 0.25) is 5.43 Å². The molecule has 0 saturated heterocycles. The van der Waals surface area contributed by atoms with Gasteiger partial charge in [-0.15, -0.1) is 0 Å². The maximum atomic E-state index is 13.3. The Hall–Kier alpha value is -2.76. The molecule has 0 aliphatic rings. The number of alkyl halides is 3. The van der Waals surface area contributed by atoms with Crippen molar-refractivity contribution in [2.45, 2.75) is 6.18 Å². The first kappa shape index (κ1) is 14.2. The molecule has 2 aromatic carbocycles. The van der Waals surface area contributed by atoms with Crippen molar-refractivity contribution in [3.05, 3.63) is 64.3 Å². The summed E-state index contributed by atoms with van der Waals surface area (Å²) < 4.78 is 45.2. The molecule has 0 radical (unpaired) electrons. The van der Waals surface area contributed by atoms with E-state index >= 15 is 0 Å². The molecule has 0 spiro atoms. The molecular weight excluding hydrogens is 297 g/mol. The van der Waals surface area contributed by atoms with Crippen LogP contribution in [0.4, 0.5) is 13.2 Å². The molecule has 22 heavy (non-hydrogen) atoms. The summed E-state index contributed by atoms with van der Waals surface area (Å²) in [5.74, 6) is -0.759. The summed E-state index contributed by atoms with van der Waals surface area (Å²) in [7, 11) is 0. The molecule has 6 heteroatoms. The maximum Gasteiger partial charge on any atom is 0.423 e. The summed E-state index contributed by atoms with van der Waals surface area (Å²) in [5, 5.41) is 9.20. The number of benzene rings is 2. The van der Waals surface area contributed by atoms with Crippen LogP contribution in [0.1, 0.15) is 5.56 Å². The van der Waals surface area contributed by atoms with E-state index in [4.69, 9.17) is 4.42 Å². The Morgan fingerprint density at radius 1 is 1.00 bits per heavy atom. The van der Waals surface area contributed by atoms with E-state index in [1.165, 1.54) is 12.1 Å². The summed E-state index contributed by atoms with van der Waals surface area (Å²) in [5.41, 5.74) is -2.49. The third-order valence-corrected chi connectivity index (χ3v) is 3.20. The van der Waals surface area contributed by atoms with Gasteiger partial charge in [0.1, 0.15) is 16.9 Å².